The monoisotopic (exact) mass is 585 g/mol. The first-order chi connectivity index (χ1) is 15.1. The Morgan fingerprint density at radius 1 is 0.848 bits per heavy atom. The van der Waals surface area contributed by atoms with Crippen LogP contribution in [0.5, 0.6) is 11.5 Å². The van der Waals surface area contributed by atoms with Crippen molar-refractivity contribution in [3.05, 3.63) is 95.1 Å². The van der Waals surface area contributed by atoms with Crippen LogP contribution in [0.3, 0.4) is 0 Å². The Morgan fingerprint density at radius 3 is 2.06 bits per heavy atom. The molecule has 0 bridgehead atoms. The zero-order chi connectivity index (χ0) is 23.2. The molecule has 4 rings (SSSR count). The van der Waals surface area contributed by atoms with Crippen molar-refractivity contribution in [2.75, 3.05) is 13.7 Å². The molecule has 0 spiro atoms. The van der Waals surface area contributed by atoms with Crippen molar-refractivity contribution in [1.82, 2.24) is 0 Å². The summed E-state index contributed by atoms with van der Waals surface area (Å²) in [4.78, 5) is 4.75. The molecule has 3 aromatic carbocycles. The van der Waals surface area contributed by atoms with E-state index in [0.717, 1.165) is 41.3 Å². The van der Waals surface area contributed by atoms with Gasteiger partial charge in [0.2, 0.25) is 0 Å². The van der Waals surface area contributed by atoms with E-state index in [4.69, 9.17) is 70.7 Å². The van der Waals surface area contributed by atoms with Crippen molar-refractivity contribution in [1.29, 1.82) is 0 Å². The van der Waals surface area contributed by atoms with Crippen LogP contribution in [0.1, 0.15) is 22.3 Å². The summed E-state index contributed by atoms with van der Waals surface area (Å²) in [6.45, 7) is 1.38. The molecule has 0 fully saturated rings. The van der Waals surface area contributed by atoms with Crippen LogP contribution in [0.2, 0.25) is 0 Å². The molecule has 0 aliphatic carbocycles. The van der Waals surface area contributed by atoms with Gasteiger partial charge < -0.3 is 9.47 Å². The first-order valence-electron chi connectivity index (χ1n) is 9.67. The van der Waals surface area contributed by atoms with Gasteiger partial charge in [-0.2, -0.15) is 0 Å². The standard InChI is InChI=1S/C23H21NO2.Cl5P.ClH/c1-25-21-11-12-22-19(15-21)13-14-24-23(22)18-7-9-20(10-8-18)26-16-17-5-3-2-4-6-17;1-6(2,3,4)5;/h2-12,15H,13-14,16H2,1H3;;1H. The zero-order valence-corrected chi connectivity index (χ0v) is 23.0. The van der Waals surface area contributed by atoms with Crippen LogP contribution in [0.4, 0.5) is 0 Å². The molecule has 0 unspecified atom stereocenters. The number of halogens is 6. The number of aliphatic imine (C=N–C) groups is 1. The first-order valence-corrected chi connectivity index (χ1v) is 16.4. The van der Waals surface area contributed by atoms with E-state index in [0.29, 0.717) is 6.61 Å². The summed E-state index contributed by atoms with van der Waals surface area (Å²) in [6.07, 6.45) is 0.953. The van der Waals surface area contributed by atoms with Gasteiger partial charge in [0.05, 0.1) is 12.8 Å². The van der Waals surface area contributed by atoms with Gasteiger partial charge in [0, 0.05) is 17.7 Å². The average molecular weight is 588 g/mol. The number of hydrogen-bond donors (Lipinski definition) is 0. The molecule has 1 aliphatic heterocycles. The summed E-state index contributed by atoms with van der Waals surface area (Å²) in [5, 5.41) is 0. The zero-order valence-electron chi connectivity index (χ0n) is 17.6. The van der Waals surface area contributed by atoms with Crippen LogP contribution >= 0.6 is 72.0 Å². The Morgan fingerprint density at radius 2 is 1.45 bits per heavy atom. The van der Waals surface area contributed by atoms with Crippen molar-refractivity contribution >= 4 is 77.7 Å². The Kier molecular flexibility index (Phi) is 10.5. The number of hydrogen-bond acceptors (Lipinski definition) is 3. The third kappa shape index (κ3) is 10.1. The van der Waals surface area contributed by atoms with E-state index in [2.05, 4.69) is 36.4 Å². The van der Waals surface area contributed by atoms with E-state index in [1.807, 2.05) is 36.4 Å². The van der Waals surface area contributed by atoms with E-state index >= 15 is 0 Å². The molecule has 1 aliphatic rings. The molecule has 33 heavy (non-hydrogen) atoms. The fourth-order valence-electron chi connectivity index (χ4n) is 3.20. The van der Waals surface area contributed by atoms with Gasteiger partial charge in [-0.05, 0) is 60.0 Å². The molecule has 0 saturated carbocycles. The maximum absolute atomic E-state index is 5.88. The number of ether oxygens (including phenoxy) is 2. The van der Waals surface area contributed by atoms with Gasteiger partial charge in [0.1, 0.15) is 18.1 Å². The predicted molar refractivity (Wildman–Crippen MR) is 148 cm³/mol. The van der Waals surface area contributed by atoms with E-state index in [9.17, 15) is 0 Å². The molecule has 3 nitrogen and oxygen atoms in total. The maximum atomic E-state index is 5.88. The Bertz CT molecular complexity index is 1070. The normalized spacial score (nSPS) is 13.6. The number of rotatable bonds is 5. The molecule has 0 radical (unpaired) electrons. The first kappa shape index (κ1) is 28.3. The second-order valence-electron chi connectivity index (χ2n) is 6.94. The molecule has 0 atom stereocenters. The molecule has 3 aromatic rings. The minimum atomic E-state index is -3.69. The second kappa shape index (κ2) is 12.2. The number of nitrogens with zero attached hydrogens (tertiary/aromatic N) is 1. The van der Waals surface area contributed by atoms with Gasteiger partial charge in [-0.15, -0.1) is 12.4 Å². The summed E-state index contributed by atoms with van der Waals surface area (Å²) < 4.78 is 7.53. The van der Waals surface area contributed by atoms with Gasteiger partial charge in [-0.25, -0.2) is 0 Å². The van der Waals surface area contributed by atoms with E-state index in [1.165, 1.54) is 11.1 Å². The Balaban J connectivity index is 0.000000491. The van der Waals surface area contributed by atoms with Crippen molar-refractivity contribution in [2.45, 2.75) is 13.0 Å². The van der Waals surface area contributed by atoms with Gasteiger partial charge >= 0.3 is 59.6 Å². The second-order valence-corrected chi connectivity index (χ2v) is 23.6. The Labute approximate surface area is 224 Å². The van der Waals surface area contributed by atoms with E-state index < -0.39 is 3.37 Å². The molecule has 178 valence electrons. The average Bonchev–Trinajstić information content (AvgIpc) is 2.76. The molecule has 1 heterocycles. The van der Waals surface area contributed by atoms with Crippen molar-refractivity contribution < 1.29 is 9.47 Å². The fourth-order valence-corrected chi connectivity index (χ4v) is 3.20. The molecular formula is C23H22Cl6NO2P. The molecule has 10 heteroatoms. The predicted octanol–water partition coefficient (Wildman–Crippen LogP) is 9.40. The topological polar surface area (TPSA) is 30.8 Å². The van der Waals surface area contributed by atoms with E-state index in [-0.39, 0.29) is 12.4 Å². The molecule has 0 saturated heterocycles. The number of methoxy groups -OCH3 is 1. The van der Waals surface area contributed by atoms with Crippen LogP contribution in [-0.4, -0.2) is 19.4 Å². The van der Waals surface area contributed by atoms with Gasteiger partial charge in [0.15, 0.2) is 0 Å². The van der Waals surface area contributed by atoms with E-state index in [1.54, 1.807) is 7.11 Å². The van der Waals surface area contributed by atoms with Crippen molar-refractivity contribution in [3.8, 4) is 11.5 Å². The van der Waals surface area contributed by atoms with Gasteiger partial charge in [-0.1, -0.05) is 30.3 Å². The van der Waals surface area contributed by atoms with Crippen molar-refractivity contribution in [2.24, 2.45) is 4.99 Å². The summed E-state index contributed by atoms with van der Waals surface area (Å²) in [7, 11) is 1.70. The summed E-state index contributed by atoms with van der Waals surface area (Å²) in [5.74, 6) is 1.76. The quantitative estimate of drug-likeness (QED) is 0.278. The third-order valence-electron chi connectivity index (χ3n) is 4.59. The van der Waals surface area contributed by atoms with Crippen LogP contribution in [0.15, 0.2) is 77.8 Å². The van der Waals surface area contributed by atoms with Crippen LogP contribution < -0.4 is 9.47 Å². The number of fused-ring (bicyclic) bond motifs is 1. The fraction of sp³-hybridized carbons (Fsp3) is 0.174. The SMILES string of the molecule is COc1ccc2c(c1)CCN=C2c1ccc(OCc2ccccc2)cc1.Cl.ClP(Cl)(Cl)(Cl)Cl. The van der Waals surface area contributed by atoms with Crippen LogP contribution in [-0.2, 0) is 13.0 Å². The summed E-state index contributed by atoms with van der Waals surface area (Å²) >= 11 is 24.9. The summed E-state index contributed by atoms with van der Waals surface area (Å²) in [6, 6.07) is 24.6. The van der Waals surface area contributed by atoms with Crippen LogP contribution in [0, 0.1) is 0 Å². The molecule has 0 amide bonds. The number of benzene rings is 3. The van der Waals surface area contributed by atoms with Crippen molar-refractivity contribution in [3.63, 3.8) is 0 Å². The van der Waals surface area contributed by atoms with Gasteiger partial charge in [-0.3, -0.25) is 4.99 Å². The summed E-state index contributed by atoms with van der Waals surface area (Å²) in [5.41, 5.74) is 5.80. The van der Waals surface area contributed by atoms with Crippen LogP contribution in [0.25, 0.3) is 0 Å². The minimum absolute atomic E-state index is 0. The van der Waals surface area contributed by atoms with Gasteiger partial charge in [0.25, 0.3) is 0 Å². The molecular weight excluding hydrogens is 566 g/mol. The molecule has 0 aromatic heterocycles. The third-order valence-corrected chi connectivity index (χ3v) is 4.59. The molecule has 0 N–H and O–H groups in total. The Hall–Kier alpha value is -0.900.